The monoisotopic (exact) mass is 348 g/mol. The van der Waals surface area contributed by atoms with Crippen molar-refractivity contribution >= 4 is 28.5 Å². The van der Waals surface area contributed by atoms with E-state index >= 15 is 0 Å². The van der Waals surface area contributed by atoms with E-state index in [1.54, 1.807) is 0 Å². The summed E-state index contributed by atoms with van der Waals surface area (Å²) in [5, 5.41) is 3.48. The minimum atomic E-state index is -3.16. The Hall–Kier alpha value is -2.24. The van der Waals surface area contributed by atoms with Gasteiger partial charge in [0.25, 0.3) is 0 Å². The molecule has 0 unspecified atom stereocenters. The van der Waals surface area contributed by atoms with E-state index in [1.165, 1.54) is 6.03 Å². The molecule has 0 saturated carbocycles. The Morgan fingerprint density at radius 3 is 1.32 bits per heavy atom. The van der Waals surface area contributed by atoms with E-state index in [1.807, 2.05) is 18.2 Å². The molecule has 0 aliphatic heterocycles. The molecule has 0 saturated heterocycles. The Kier molecular flexibility index (Phi) is 5.16. The Morgan fingerprint density at radius 2 is 1.04 bits per heavy atom. The zero-order valence-corrected chi connectivity index (χ0v) is 15.6. The first-order valence-corrected chi connectivity index (χ1v) is 11.4. The molecule has 1 nitrogen and oxygen atoms in total. The van der Waals surface area contributed by atoms with Gasteiger partial charge in [0.15, 0.2) is 0 Å². The van der Waals surface area contributed by atoms with Crippen molar-refractivity contribution in [1.82, 2.24) is 0 Å². The predicted octanol–water partition coefficient (Wildman–Crippen LogP) is 4.51. The molecule has 0 aliphatic rings. The van der Waals surface area contributed by atoms with Gasteiger partial charge in [-0.2, -0.15) is 0 Å². The summed E-state index contributed by atoms with van der Waals surface area (Å²) < 4.78 is 0. The summed E-state index contributed by atoms with van der Waals surface area (Å²) in [6.07, 6.45) is 2.97. The SMILES string of the molecule is CCCCP(C=O)(c1ccccc1)(c1ccccc1)c1ccccc1. The minimum absolute atomic E-state index is 0.879. The number of hydrogen-bond donors (Lipinski definition) is 0. The predicted molar refractivity (Wildman–Crippen MR) is 112 cm³/mol. The first-order chi connectivity index (χ1) is 12.3. The second-order valence-electron chi connectivity index (χ2n) is 6.57. The average molecular weight is 348 g/mol. The zero-order valence-electron chi connectivity index (χ0n) is 14.7. The van der Waals surface area contributed by atoms with E-state index in [4.69, 9.17) is 0 Å². The van der Waals surface area contributed by atoms with Crippen molar-refractivity contribution in [2.75, 3.05) is 6.16 Å². The van der Waals surface area contributed by atoms with E-state index in [-0.39, 0.29) is 0 Å². The van der Waals surface area contributed by atoms with E-state index < -0.39 is 6.60 Å². The van der Waals surface area contributed by atoms with Crippen LogP contribution in [0.5, 0.6) is 0 Å². The van der Waals surface area contributed by atoms with Crippen molar-refractivity contribution in [2.24, 2.45) is 0 Å². The molecule has 0 aliphatic carbocycles. The van der Waals surface area contributed by atoms with Crippen LogP contribution in [0, 0.1) is 0 Å². The van der Waals surface area contributed by atoms with Gasteiger partial charge in [0.05, 0.1) is 0 Å². The third kappa shape index (κ3) is 2.73. The summed E-state index contributed by atoms with van der Waals surface area (Å²) in [5.74, 6) is 0. The Balaban J connectivity index is 2.46. The van der Waals surface area contributed by atoms with Gasteiger partial charge in [0.2, 0.25) is 0 Å². The number of rotatable bonds is 7. The Labute approximate surface area is 150 Å². The zero-order chi connectivity index (χ0) is 17.6. The molecule has 0 spiro atoms. The molecule has 0 amide bonds. The van der Waals surface area contributed by atoms with Crippen molar-refractivity contribution in [2.45, 2.75) is 19.8 Å². The van der Waals surface area contributed by atoms with E-state index in [0.717, 1.165) is 34.9 Å². The van der Waals surface area contributed by atoms with Crippen molar-refractivity contribution < 1.29 is 4.79 Å². The van der Waals surface area contributed by atoms with Gasteiger partial charge in [-0.05, 0) is 0 Å². The third-order valence-electron chi connectivity index (χ3n) is 5.25. The van der Waals surface area contributed by atoms with Crippen LogP contribution in [-0.2, 0) is 4.79 Å². The molecule has 0 N–H and O–H groups in total. The second kappa shape index (κ2) is 7.33. The molecule has 25 heavy (non-hydrogen) atoms. The van der Waals surface area contributed by atoms with Gasteiger partial charge in [-0.25, -0.2) is 0 Å². The van der Waals surface area contributed by atoms with E-state index in [2.05, 4.69) is 79.7 Å². The normalized spacial score (nSPS) is 12.9. The Bertz CT molecular complexity index is 713. The molecule has 3 aromatic carbocycles. The molecule has 128 valence electrons. The van der Waals surface area contributed by atoms with E-state index in [0.29, 0.717) is 0 Å². The summed E-state index contributed by atoms with van der Waals surface area (Å²) in [6, 6.07) is 32.5. The summed E-state index contributed by atoms with van der Waals surface area (Å²) in [5.41, 5.74) is 0. The van der Waals surface area contributed by atoms with Gasteiger partial charge in [0, 0.05) is 0 Å². The van der Waals surface area contributed by atoms with Gasteiger partial charge >= 0.3 is 150 Å². The van der Waals surface area contributed by atoms with Gasteiger partial charge < -0.3 is 0 Å². The molecule has 2 heteroatoms. The standard InChI is InChI=1S/C23H25OP/c1-2-3-19-25(20-24,21-13-7-4-8-14-21,22-15-9-5-10-16-22)23-17-11-6-12-18-23/h4-18,20H,2-3,19H2,1H3. The second-order valence-corrected chi connectivity index (χ2v) is 11.5. The fourth-order valence-electron chi connectivity index (χ4n) is 3.86. The molecular weight excluding hydrogens is 323 g/mol. The first-order valence-electron chi connectivity index (χ1n) is 8.92. The number of hydrogen-bond acceptors (Lipinski definition) is 1. The van der Waals surface area contributed by atoms with Crippen LogP contribution in [0.15, 0.2) is 91.0 Å². The summed E-state index contributed by atoms with van der Waals surface area (Å²) in [6.45, 7) is -0.967. The molecule has 0 fully saturated rings. The number of benzene rings is 3. The molecule has 3 aromatic rings. The van der Waals surface area contributed by atoms with Gasteiger partial charge in [-0.3, -0.25) is 0 Å². The van der Waals surface area contributed by atoms with Gasteiger partial charge in [-0.1, -0.05) is 0 Å². The van der Waals surface area contributed by atoms with Crippen LogP contribution in [0.3, 0.4) is 0 Å². The van der Waals surface area contributed by atoms with Crippen molar-refractivity contribution in [3.05, 3.63) is 91.0 Å². The maximum atomic E-state index is 13.1. The maximum absolute atomic E-state index is 13.1. The van der Waals surface area contributed by atoms with Crippen molar-refractivity contribution in [1.29, 1.82) is 0 Å². The number of unbranched alkanes of at least 4 members (excludes halogenated alkanes) is 1. The van der Waals surface area contributed by atoms with Crippen LogP contribution >= 0.6 is 6.60 Å². The summed E-state index contributed by atoms with van der Waals surface area (Å²) >= 11 is 0. The molecule has 3 rings (SSSR count). The van der Waals surface area contributed by atoms with Crippen LogP contribution in [0.1, 0.15) is 19.8 Å². The van der Waals surface area contributed by atoms with E-state index in [9.17, 15) is 4.79 Å². The molecular formula is C23H25OP. The molecule has 0 heterocycles. The third-order valence-corrected chi connectivity index (χ3v) is 11.4. The van der Waals surface area contributed by atoms with Crippen molar-refractivity contribution in [3.63, 3.8) is 0 Å². The molecule has 0 bridgehead atoms. The summed E-state index contributed by atoms with van der Waals surface area (Å²) in [4.78, 5) is 13.1. The van der Waals surface area contributed by atoms with Crippen molar-refractivity contribution in [3.8, 4) is 0 Å². The Morgan fingerprint density at radius 1 is 0.680 bits per heavy atom. The molecule has 0 aromatic heterocycles. The van der Waals surface area contributed by atoms with Crippen LogP contribution in [0.4, 0.5) is 0 Å². The molecule has 0 atom stereocenters. The quantitative estimate of drug-likeness (QED) is 0.454. The van der Waals surface area contributed by atoms with Crippen LogP contribution < -0.4 is 15.9 Å². The average Bonchev–Trinajstić information content (AvgIpc) is 2.72. The van der Waals surface area contributed by atoms with Crippen LogP contribution in [0.25, 0.3) is 0 Å². The topological polar surface area (TPSA) is 17.1 Å². The summed E-state index contributed by atoms with van der Waals surface area (Å²) in [7, 11) is 0. The fourth-order valence-corrected chi connectivity index (χ4v) is 9.53. The molecule has 0 radical (unpaired) electrons. The fraction of sp³-hybridized carbons (Fsp3) is 0.174. The van der Waals surface area contributed by atoms with Gasteiger partial charge in [0.1, 0.15) is 0 Å². The van der Waals surface area contributed by atoms with Crippen LogP contribution in [0.2, 0.25) is 0 Å². The first kappa shape index (κ1) is 17.6. The van der Waals surface area contributed by atoms with Crippen LogP contribution in [-0.4, -0.2) is 12.2 Å². The number of carbonyl (C=O) groups excluding carboxylic acids is 1. The number of carbonyl (C=O) groups is 1. The van der Waals surface area contributed by atoms with Gasteiger partial charge in [-0.15, -0.1) is 0 Å².